The standard InChI is InChI=1S/C11H22N4O/c1-9(2)11-13-10(14-16-11)8-15(4)7-5-6-12-3/h9,12H,5-8H2,1-4H3. The van der Waals surface area contributed by atoms with Gasteiger partial charge in [-0.25, -0.2) is 0 Å². The summed E-state index contributed by atoms with van der Waals surface area (Å²) in [6.07, 6.45) is 1.13. The van der Waals surface area contributed by atoms with Crippen molar-refractivity contribution in [1.29, 1.82) is 0 Å². The van der Waals surface area contributed by atoms with Crippen LogP contribution in [0.25, 0.3) is 0 Å². The lowest BCUT2D eigenvalue weighted by Crippen LogP contribution is -2.23. The number of hydrogen-bond donors (Lipinski definition) is 1. The van der Waals surface area contributed by atoms with Gasteiger partial charge in [0.25, 0.3) is 0 Å². The molecule has 0 aliphatic rings. The van der Waals surface area contributed by atoms with Gasteiger partial charge in [-0.2, -0.15) is 4.98 Å². The van der Waals surface area contributed by atoms with Crippen molar-refractivity contribution in [1.82, 2.24) is 20.4 Å². The summed E-state index contributed by atoms with van der Waals surface area (Å²) in [6, 6.07) is 0. The molecule has 0 aliphatic heterocycles. The summed E-state index contributed by atoms with van der Waals surface area (Å²) in [5, 5.41) is 7.09. The van der Waals surface area contributed by atoms with Crippen LogP contribution in [-0.2, 0) is 6.54 Å². The number of rotatable bonds is 7. The maximum atomic E-state index is 5.15. The minimum Gasteiger partial charge on any atom is -0.339 e. The molecule has 0 atom stereocenters. The lowest BCUT2D eigenvalue weighted by atomic mass is 10.2. The molecule has 5 nitrogen and oxygen atoms in total. The van der Waals surface area contributed by atoms with Gasteiger partial charge in [-0.15, -0.1) is 0 Å². The summed E-state index contributed by atoms with van der Waals surface area (Å²) in [5.74, 6) is 1.80. The largest absolute Gasteiger partial charge is 0.339 e. The average Bonchev–Trinajstić information content (AvgIpc) is 2.66. The van der Waals surface area contributed by atoms with Crippen molar-refractivity contribution in [2.24, 2.45) is 0 Å². The molecule has 92 valence electrons. The predicted molar refractivity (Wildman–Crippen MR) is 63.3 cm³/mol. The van der Waals surface area contributed by atoms with E-state index in [1.807, 2.05) is 20.9 Å². The summed E-state index contributed by atoms with van der Waals surface area (Å²) in [7, 11) is 4.04. The number of hydrogen-bond acceptors (Lipinski definition) is 5. The topological polar surface area (TPSA) is 54.2 Å². The second-order valence-electron chi connectivity index (χ2n) is 4.40. The van der Waals surface area contributed by atoms with Gasteiger partial charge in [0.2, 0.25) is 5.89 Å². The van der Waals surface area contributed by atoms with Crippen LogP contribution in [0.2, 0.25) is 0 Å². The average molecular weight is 226 g/mol. The molecule has 0 fully saturated rings. The molecule has 5 heteroatoms. The van der Waals surface area contributed by atoms with Gasteiger partial charge < -0.3 is 9.84 Å². The second-order valence-corrected chi connectivity index (χ2v) is 4.40. The van der Waals surface area contributed by atoms with E-state index < -0.39 is 0 Å². The summed E-state index contributed by atoms with van der Waals surface area (Å²) in [5.41, 5.74) is 0. The van der Waals surface area contributed by atoms with Crippen LogP contribution in [0.15, 0.2) is 4.52 Å². The number of nitrogens with zero attached hydrogens (tertiary/aromatic N) is 3. The van der Waals surface area contributed by atoms with E-state index >= 15 is 0 Å². The van der Waals surface area contributed by atoms with Gasteiger partial charge in [-0.1, -0.05) is 19.0 Å². The van der Waals surface area contributed by atoms with Crippen molar-refractivity contribution in [2.45, 2.75) is 32.7 Å². The Kier molecular flexibility index (Phi) is 5.42. The molecule has 16 heavy (non-hydrogen) atoms. The Bertz CT molecular complexity index is 298. The Hall–Kier alpha value is -0.940. The van der Waals surface area contributed by atoms with Gasteiger partial charge in [0, 0.05) is 5.92 Å². The fourth-order valence-electron chi connectivity index (χ4n) is 1.41. The smallest absolute Gasteiger partial charge is 0.229 e. The van der Waals surface area contributed by atoms with Crippen molar-refractivity contribution in [3.05, 3.63) is 11.7 Å². The van der Waals surface area contributed by atoms with Gasteiger partial charge in [0.05, 0.1) is 6.54 Å². The van der Waals surface area contributed by atoms with E-state index in [1.165, 1.54) is 0 Å². The predicted octanol–water partition coefficient (Wildman–Crippen LogP) is 1.23. The maximum absolute atomic E-state index is 5.15. The van der Waals surface area contributed by atoms with Crippen molar-refractivity contribution in [2.75, 3.05) is 27.2 Å². The third-order valence-corrected chi connectivity index (χ3v) is 2.36. The first-order chi connectivity index (χ1) is 7.63. The van der Waals surface area contributed by atoms with Gasteiger partial charge in [0.1, 0.15) is 0 Å². The van der Waals surface area contributed by atoms with Crippen LogP contribution in [0.5, 0.6) is 0 Å². The minimum atomic E-state index is 0.302. The van der Waals surface area contributed by atoms with Crippen LogP contribution in [0, 0.1) is 0 Å². The Morgan fingerprint density at radius 3 is 2.75 bits per heavy atom. The zero-order chi connectivity index (χ0) is 12.0. The summed E-state index contributed by atoms with van der Waals surface area (Å²) < 4.78 is 5.15. The first-order valence-electron chi connectivity index (χ1n) is 5.79. The first-order valence-corrected chi connectivity index (χ1v) is 5.79. The molecule has 1 N–H and O–H groups in total. The lowest BCUT2D eigenvalue weighted by Gasteiger charge is -2.13. The molecule has 0 amide bonds. The van der Waals surface area contributed by atoms with Gasteiger partial charge in [0.15, 0.2) is 5.82 Å². The fraction of sp³-hybridized carbons (Fsp3) is 0.818. The normalized spacial score (nSPS) is 11.6. The molecule has 1 heterocycles. The molecule has 1 rings (SSSR count). The molecule has 0 spiro atoms. The third-order valence-electron chi connectivity index (χ3n) is 2.36. The van der Waals surface area contributed by atoms with Crippen LogP contribution < -0.4 is 5.32 Å². The molecule has 0 bridgehead atoms. The lowest BCUT2D eigenvalue weighted by molar-refractivity contribution is 0.301. The zero-order valence-corrected chi connectivity index (χ0v) is 10.7. The molecular weight excluding hydrogens is 204 g/mol. The number of aromatic nitrogens is 2. The second kappa shape index (κ2) is 6.60. The van der Waals surface area contributed by atoms with E-state index in [9.17, 15) is 0 Å². The van der Waals surface area contributed by atoms with Crippen LogP contribution >= 0.6 is 0 Å². The highest BCUT2D eigenvalue weighted by Crippen LogP contribution is 2.11. The molecule has 0 aliphatic carbocycles. The van der Waals surface area contributed by atoms with Crippen LogP contribution in [0.4, 0.5) is 0 Å². The quantitative estimate of drug-likeness (QED) is 0.709. The molecule has 0 saturated heterocycles. The molecular formula is C11H22N4O. The molecule has 1 aromatic heterocycles. The molecule has 0 aromatic carbocycles. The van der Waals surface area contributed by atoms with Crippen LogP contribution in [0.3, 0.4) is 0 Å². The minimum absolute atomic E-state index is 0.302. The molecule has 0 radical (unpaired) electrons. The van der Waals surface area contributed by atoms with E-state index in [0.29, 0.717) is 5.92 Å². The monoisotopic (exact) mass is 226 g/mol. The fourth-order valence-corrected chi connectivity index (χ4v) is 1.41. The van der Waals surface area contributed by atoms with E-state index in [4.69, 9.17) is 4.52 Å². The van der Waals surface area contributed by atoms with E-state index in [-0.39, 0.29) is 0 Å². The van der Waals surface area contributed by atoms with Crippen molar-refractivity contribution >= 4 is 0 Å². The van der Waals surface area contributed by atoms with Gasteiger partial charge >= 0.3 is 0 Å². The van der Waals surface area contributed by atoms with Crippen LogP contribution in [0.1, 0.15) is 37.9 Å². The Morgan fingerprint density at radius 2 is 2.19 bits per heavy atom. The number of nitrogens with one attached hydrogen (secondary N) is 1. The first kappa shape index (κ1) is 13.1. The Balaban J connectivity index is 2.34. The van der Waals surface area contributed by atoms with Crippen molar-refractivity contribution in [3.8, 4) is 0 Å². The Morgan fingerprint density at radius 1 is 1.44 bits per heavy atom. The van der Waals surface area contributed by atoms with Gasteiger partial charge in [-0.3, -0.25) is 4.90 Å². The molecule has 1 aromatic rings. The van der Waals surface area contributed by atoms with Crippen molar-refractivity contribution in [3.63, 3.8) is 0 Å². The SMILES string of the molecule is CNCCCN(C)Cc1noc(C(C)C)n1. The highest BCUT2D eigenvalue weighted by Gasteiger charge is 2.11. The van der Waals surface area contributed by atoms with E-state index in [2.05, 4.69) is 27.4 Å². The highest BCUT2D eigenvalue weighted by atomic mass is 16.5. The highest BCUT2D eigenvalue weighted by molar-refractivity contribution is 4.90. The molecule has 0 saturated carbocycles. The third kappa shape index (κ3) is 4.28. The van der Waals surface area contributed by atoms with Crippen molar-refractivity contribution < 1.29 is 4.52 Å². The van der Waals surface area contributed by atoms with Crippen LogP contribution in [-0.4, -0.2) is 42.2 Å². The van der Waals surface area contributed by atoms with E-state index in [0.717, 1.165) is 37.8 Å². The maximum Gasteiger partial charge on any atom is 0.229 e. The zero-order valence-electron chi connectivity index (χ0n) is 10.7. The van der Waals surface area contributed by atoms with E-state index in [1.54, 1.807) is 0 Å². The summed E-state index contributed by atoms with van der Waals surface area (Å²) in [6.45, 7) is 6.92. The Labute approximate surface area is 97.2 Å². The van der Waals surface area contributed by atoms with Gasteiger partial charge in [-0.05, 0) is 33.6 Å². The summed E-state index contributed by atoms with van der Waals surface area (Å²) in [4.78, 5) is 6.54. The molecule has 0 unspecified atom stereocenters. The summed E-state index contributed by atoms with van der Waals surface area (Å²) >= 11 is 0.